The highest BCUT2D eigenvalue weighted by molar-refractivity contribution is 7.89. The SMILES string of the molecule is C=CCC(C)NS(=O)(=O)c1cn(C)nc1N. The molecule has 1 rings (SSSR count). The maximum atomic E-state index is 11.9. The molecule has 1 heterocycles. The number of rotatable bonds is 5. The van der Waals surface area contributed by atoms with E-state index in [-0.39, 0.29) is 16.8 Å². The third kappa shape index (κ3) is 2.83. The number of nitrogens with zero attached hydrogens (tertiary/aromatic N) is 2. The minimum atomic E-state index is -3.60. The summed E-state index contributed by atoms with van der Waals surface area (Å²) in [5, 5.41) is 3.79. The average molecular weight is 244 g/mol. The van der Waals surface area contributed by atoms with Crippen LogP contribution in [0.25, 0.3) is 0 Å². The smallest absolute Gasteiger partial charge is 0.246 e. The van der Waals surface area contributed by atoms with E-state index < -0.39 is 10.0 Å². The van der Waals surface area contributed by atoms with Gasteiger partial charge in [0.05, 0.1) is 0 Å². The lowest BCUT2D eigenvalue weighted by Crippen LogP contribution is -2.32. The van der Waals surface area contributed by atoms with E-state index in [1.54, 1.807) is 20.0 Å². The largest absolute Gasteiger partial charge is 0.381 e. The van der Waals surface area contributed by atoms with Crippen LogP contribution in [0.5, 0.6) is 0 Å². The van der Waals surface area contributed by atoms with Gasteiger partial charge in [-0.2, -0.15) is 5.10 Å². The first kappa shape index (κ1) is 12.7. The van der Waals surface area contributed by atoms with Gasteiger partial charge >= 0.3 is 0 Å². The van der Waals surface area contributed by atoms with Gasteiger partial charge in [0.15, 0.2) is 5.82 Å². The van der Waals surface area contributed by atoms with E-state index in [0.29, 0.717) is 6.42 Å². The zero-order valence-corrected chi connectivity index (χ0v) is 10.2. The summed E-state index contributed by atoms with van der Waals surface area (Å²) in [5.41, 5.74) is 5.51. The summed E-state index contributed by atoms with van der Waals surface area (Å²) in [6.07, 6.45) is 3.58. The summed E-state index contributed by atoms with van der Waals surface area (Å²) >= 11 is 0. The highest BCUT2D eigenvalue weighted by Gasteiger charge is 2.22. The van der Waals surface area contributed by atoms with Crippen LogP contribution in [0.2, 0.25) is 0 Å². The van der Waals surface area contributed by atoms with E-state index >= 15 is 0 Å². The minimum absolute atomic E-state index is 0.000744. The minimum Gasteiger partial charge on any atom is -0.381 e. The molecular formula is C9H16N4O2S. The fourth-order valence-corrected chi connectivity index (χ4v) is 2.68. The highest BCUT2D eigenvalue weighted by atomic mass is 32.2. The molecule has 1 aromatic heterocycles. The van der Waals surface area contributed by atoms with Crippen molar-refractivity contribution in [2.24, 2.45) is 7.05 Å². The molecule has 1 unspecified atom stereocenters. The summed E-state index contributed by atoms with van der Waals surface area (Å²) in [6, 6.07) is -0.220. The Kier molecular flexibility index (Phi) is 3.71. The quantitative estimate of drug-likeness (QED) is 0.726. The van der Waals surface area contributed by atoms with Crippen LogP contribution in [0.3, 0.4) is 0 Å². The summed E-state index contributed by atoms with van der Waals surface area (Å²) in [4.78, 5) is 0.00547. The van der Waals surface area contributed by atoms with E-state index in [2.05, 4.69) is 16.4 Å². The van der Waals surface area contributed by atoms with Crippen LogP contribution in [0.15, 0.2) is 23.7 Å². The lowest BCUT2D eigenvalue weighted by molar-refractivity contribution is 0.562. The van der Waals surface area contributed by atoms with Gasteiger partial charge in [-0.05, 0) is 13.3 Å². The van der Waals surface area contributed by atoms with Crippen molar-refractivity contribution in [2.45, 2.75) is 24.3 Å². The van der Waals surface area contributed by atoms with Crippen molar-refractivity contribution in [1.29, 1.82) is 0 Å². The van der Waals surface area contributed by atoms with E-state index in [0.717, 1.165) is 0 Å². The van der Waals surface area contributed by atoms with Gasteiger partial charge in [0, 0.05) is 19.3 Å². The molecule has 7 heteroatoms. The predicted molar refractivity (Wildman–Crippen MR) is 62.2 cm³/mol. The molecule has 0 aliphatic heterocycles. The number of aromatic nitrogens is 2. The molecule has 6 nitrogen and oxygen atoms in total. The first-order valence-electron chi connectivity index (χ1n) is 4.79. The number of nitrogens with two attached hydrogens (primary N) is 1. The molecule has 0 radical (unpaired) electrons. The van der Waals surface area contributed by atoms with Crippen molar-refractivity contribution in [2.75, 3.05) is 5.73 Å². The Hall–Kier alpha value is -1.34. The molecule has 0 aromatic carbocycles. The molecular weight excluding hydrogens is 228 g/mol. The number of nitrogen functional groups attached to an aromatic ring is 1. The Bertz CT molecular complexity index is 478. The molecule has 0 aliphatic carbocycles. The first-order valence-corrected chi connectivity index (χ1v) is 6.27. The Balaban J connectivity index is 2.94. The molecule has 0 saturated heterocycles. The molecule has 0 bridgehead atoms. The molecule has 90 valence electrons. The highest BCUT2D eigenvalue weighted by Crippen LogP contribution is 2.15. The molecule has 3 N–H and O–H groups in total. The van der Waals surface area contributed by atoms with Crippen LogP contribution < -0.4 is 10.5 Å². The van der Waals surface area contributed by atoms with Gasteiger partial charge in [0.2, 0.25) is 10.0 Å². The number of hydrogen-bond acceptors (Lipinski definition) is 4. The zero-order chi connectivity index (χ0) is 12.3. The van der Waals surface area contributed by atoms with Crippen LogP contribution in [-0.2, 0) is 17.1 Å². The van der Waals surface area contributed by atoms with Crippen LogP contribution >= 0.6 is 0 Å². The molecule has 0 aliphatic rings. The maximum absolute atomic E-state index is 11.9. The first-order chi connectivity index (χ1) is 7.36. The number of hydrogen-bond donors (Lipinski definition) is 2. The fourth-order valence-electron chi connectivity index (χ4n) is 1.32. The molecule has 0 saturated carbocycles. The predicted octanol–water partition coefficient (Wildman–Crippen LogP) is 0.245. The van der Waals surface area contributed by atoms with Crippen LogP contribution in [-0.4, -0.2) is 24.2 Å². The van der Waals surface area contributed by atoms with E-state index in [1.807, 2.05) is 0 Å². The van der Waals surface area contributed by atoms with E-state index in [9.17, 15) is 8.42 Å². The monoisotopic (exact) mass is 244 g/mol. The molecule has 1 aromatic rings. The van der Waals surface area contributed by atoms with Gasteiger partial charge in [0.25, 0.3) is 0 Å². The molecule has 0 spiro atoms. The van der Waals surface area contributed by atoms with Gasteiger partial charge in [-0.3, -0.25) is 4.68 Å². The van der Waals surface area contributed by atoms with Crippen LogP contribution in [0, 0.1) is 0 Å². The lowest BCUT2D eigenvalue weighted by atomic mass is 10.3. The van der Waals surface area contributed by atoms with Crippen molar-refractivity contribution in [3.8, 4) is 0 Å². The summed E-state index contributed by atoms with van der Waals surface area (Å²) in [6.45, 7) is 5.30. The van der Waals surface area contributed by atoms with Crippen LogP contribution in [0.4, 0.5) is 5.82 Å². The Labute approximate surface area is 95.2 Å². The Morgan fingerprint density at radius 1 is 1.75 bits per heavy atom. The summed E-state index contributed by atoms with van der Waals surface area (Å²) in [7, 11) is -1.98. The zero-order valence-electron chi connectivity index (χ0n) is 9.34. The van der Waals surface area contributed by atoms with Gasteiger partial charge in [-0.25, -0.2) is 13.1 Å². The van der Waals surface area contributed by atoms with E-state index in [1.165, 1.54) is 10.9 Å². The number of nitrogens with one attached hydrogen (secondary N) is 1. The van der Waals surface area contributed by atoms with Crippen LogP contribution in [0.1, 0.15) is 13.3 Å². The molecule has 0 fully saturated rings. The van der Waals surface area contributed by atoms with Gasteiger partial charge < -0.3 is 5.73 Å². The number of sulfonamides is 1. The Morgan fingerprint density at radius 3 is 2.81 bits per heavy atom. The number of anilines is 1. The second kappa shape index (κ2) is 4.67. The van der Waals surface area contributed by atoms with E-state index in [4.69, 9.17) is 5.73 Å². The lowest BCUT2D eigenvalue weighted by Gasteiger charge is -2.11. The summed E-state index contributed by atoms with van der Waals surface area (Å²) < 4.78 is 27.6. The average Bonchev–Trinajstić information content (AvgIpc) is 2.45. The van der Waals surface area contributed by atoms with Gasteiger partial charge in [-0.15, -0.1) is 6.58 Å². The normalized spacial score (nSPS) is 13.6. The van der Waals surface area contributed by atoms with Crippen molar-refractivity contribution in [3.63, 3.8) is 0 Å². The van der Waals surface area contributed by atoms with Crippen molar-refractivity contribution in [3.05, 3.63) is 18.9 Å². The molecule has 0 amide bonds. The van der Waals surface area contributed by atoms with Gasteiger partial charge in [0.1, 0.15) is 4.90 Å². The van der Waals surface area contributed by atoms with Crippen molar-refractivity contribution in [1.82, 2.24) is 14.5 Å². The topological polar surface area (TPSA) is 90.0 Å². The van der Waals surface area contributed by atoms with Crippen molar-refractivity contribution < 1.29 is 8.42 Å². The third-order valence-electron chi connectivity index (χ3n) is 1.99. The standard InChI is InChI=1S/C9H16N4O2S/c1-4-5-7(2)12-16(14,15)8-6-13(3)11-9(8)10/h4,6-7,12H,1,5H2,2-3H3,(H2,10,11). The maximum Gasteiger partial charge on any atom is 0.246 e. The second-order valence-electron chi connectivity index (χ2n) is 3.60. The third-order valence-corrected chi connectivity index (χ3v) is 3.59. The fraction of sp³-hybridized carbons (Fsp3) is 0.444. The second-order valence-corrected chi connectivity index (χ2v) is 5.28. The van der Waals surface area contributed by atoms with Crippen molar-refractivity contribution >= 4 is 15.8 Å². The molecule has 1 atom stereocenters. The number of aryl methyl sites for hydroxylation is 1. The van der Waals surface area contributed by atoms with Gasteiger partial charge in [-0.1, -0.05) is 6.08 Å². The molecule has 16 heavy (non-hydrogen) atoms. The Morgan fingerprint density at radius 2 is 2.38 bits per heavy atom. The summed E-state index contributed by atoms with van der Waals surface area (Å²) in [5.74, 6) is 0.000744.